The van der Waals surface area contributed by atoms with E-state index in [-0.39, 0.29) is 46.7 Å². The van der Waals surface area contributed by atoms with Crippen LogP contribution in [0.2, 0.25) is 0 Å². The van der Waals surface area contributed by atoms with Gasteiger partial charge in [0.05, 0.1) is 24.0 Å². The lowest BCUT2D eigenvalue weighted by Crippen LogP contribution is -2.63. The molecule has 7 unspecified atom stereocenters. The number of nitrogens with zero attached hydrogens (tertiary/aromatic N) is 1. The fourth-order valence-corrected chi connectivity index (χ4v) is 10.2. The lowest BCUT2D eigenvalue weighted by molar-refractivity contribution is -0.217. The molecule has 1 heterocycles. The van der Waals surface area contributed by atoms with Crippen LogP contribution in [0, 0.1) is 45.8 Å². The molecule has 0 aromatic carbocycles. The Morgan fingerprint density at radius 3 is 2.51 bits per heavy atom. The summed E-state index contributed by atoms with van der Waals surface area (Å²) < 4.78 is 6.42. The Labute approximate surface area is 252 Å². The Morgan fingerprint density at radius 2 is 1.85 bits per heavy atom. The number of carbonyl (C=O) groups excluding carboxylic acids is 2. The van der Waals surface area contributed by atoms with Crippen molar-refractivity contribution in [2.75, 3.05) is 24.6 Å². The number of aliphatic hydroxyl groups excluding tert-OH is 2. The van der Waals surface area contributed by atoms with Gasteiger partial charge < -0.3 is 25.6 Å². The number of amides is 1. The molecule has 41 heavy (non-hydrogen) atoms. The molecule has 4 N–H and O–H groups in total. The summed E-state index contributed by atoms with van der Waals surface area (Å²) in [6, 6.07) is -0.469. The third-order valence-electron chi connectivity index (χ3n) is 12.2. The minimum absolute atomic E-state index is 0.0173. The van der Waals surface area contributed by atoms with E-state index in [2.05, 4.69) is 27.4 Å². The first-order valence-electron chi connectivity index (χ1n) is 16.0. The number of nitrogens with two attached hydrogens (primary N) is 1. The van der Waals surface area contributed by atoms with Crippen LogP contribution in [-0.4, -0.2) is 75.9 Å². The first-order chi connectivity index (χ1) is 19.2. The number of aliphatic hydroxyl groups is 2. The highest BCUT2D eigenvalue weighted by molar-refractivity contribution is 7.99. The van der Waals surface area contributed by atoms with Gasteiger partial charge in [0.15, 0.2) is 0 Å². The third kappa shape index (κ3) is 5.88. The second kappa shape index (κ2) is 12.5. The second-order valence-electron chi connectivity index (χ2n) is 14.8. The quantitative estimate of drug-likeness (QED) is 0.278. The molecule has 1 amide bonds. The number of ether oxygens (including phenoxy) is 1. The number of thioether (sulfide) groups is 1. The van der Waals surface area contributed by atoms with Gasteiger partial charge in [-0.05, 0) is 85.7 Å². The van der Waals surface area contributed by atoms with Gasteiger partial charge in [-0.1, -0.05) is 47.6 Å². The molecular formula is C33H56N2O5S. The predicted octanol–water partition coefficient (Wildman–Crippen LogP) is 4.64. The second-order valence-corrected chi connectivity index (χ2v) is 15.9. The van der Waals surface area contributed by atoms with Gasteiger partial charge in [0.1, 0.15) is 6.10 Å². The van der Waals surface area contributed by atoms with Crippen LogP contribution in [0.15, 0.2) is 12.7 Å². The zero-order valence-corrected chi connectivity index (χ0v) is 27.1. The zero-order valence-electron chi connectivity index (χ0n) is 26.3. The van der Waals surface area contributed by atoms with Gasteiger partial charge in [-0.2, -0.15) is 0 Å². The van der Waals surface area contributed by atoms with Crippen molar-refractivity contribution in [2.45, 2.75) is 111 Å². The number of likely N-dealkylation sites (tertiary alicyclic amines) is 1. The highest BCUT2D eigenvalue weighted by atomic mass is 32.2. The standard InChI is InChI=1S/C33H56N2O5S/c1-8-31(6)16-25(32(7)21(4)11-13-33(22(5)29(31)38)14-12-24(36)28(32)33)40-26(37)19-41-18-23-10-9-15-35(17-23)30(39)27(34)20(2)3/h8,20-25,27-29,36,38H,1,9-19,34H2,2-7H3/t21?,22-,23?,24?,25+,27?,28?,29?,31+,32-,33?/m0/s1. The normalized spacial score (nSPS) is 43.6. The van der Waals surface area contributed by atoms with Gasteiger partial charge in [-0.15, -0.1) is 18.3 Å². The van der Waals surface area contributed by atoms with Crippen LogP contribution in [0.1, 0.15) is 86.5 Å². The van der Waals surface area contributed by atoms with Crippen LogP contribution in [0.3, 0.4) is 0 Å². The van der Waals surface area contributed by atoms with Crippen molar-refractivity contribution in [1.29, 1.82) is 0 Å². The van der Waals surface area contributed by atoms with Gasteiger partial charge in [0.2, 0.25) is 5.91 Å². The molecule has 4 rings (SSSR count). The van der Waals surface area contributed by atoms with E-state index in [9.17, 15) is 19.8 Å². The first-order valence-corrected chi connectivity index (χ1v) is 17.2. The van der Waals surface area contributed by atoms with Gasteiger partial charge in [-0.25, -0.2) is 0 Å². The van der Waals surface area contributed by atoms with Crippen molar-refractivity contribution >= 4 is 23.6 Å². The molecule has 11 atom stereocenters. The molecular weight excluding hydrogens is 536 g/mol. The third-order valence-corrected chi connectivity index (χ3v) is 13.4. The maximum Gasteiger partial charge on any atom is 0.316 e. The van der Waals surface area contributed by atoms with E-state index < -0.39 is 35.2 Å². The summed E-state index contributed by atoms with van der Waals surface area (Å²) in [6.07, 6.45) is 6.45. The van der Waals surface area contributed by atoms with Crippen LogP contribution >= 0.6 is 11.8 Å². The molecule has 4 fully saturated rings. The van der Waals surface area contributed by atoms with Crippen LogP contribution in [-0.2, 0) is 14.3 Å². The van der Waals surface area contributed by atoms with Crippen LogP contribution in [0.4, 0.5) is 0 Å². The Morgan fingerprint density at radius 1 is 1.17 bits per heavy atom. The van der Waals surface area contributed by atoms with Crippen molar-refractivity contribution in [1.82, 2.24) is 4.90 Å². The molecule has 3 saturated carbocycles. The van der Waals surface area contributed by atoms with Crippen molar-refractivity contribution in [3.8, 4) is 0 Å². The number of rotatable bonds is 8. The van der Waals surface area contributed by atoms with E-state index in [1.807, 2.05) is 31.7 Å². The predicted molar refractivity (Wildman–Crippen MR) is 165 cm³/mol. The van der Waals surface area contributed by atoms with Crippen molar-refractivity contribution < 1.29 is 24.5 Å². The van der Waals surface area contributed by atoms with E-state index in [0.29, 0.717) is 18.9 Å². The van der Waals surface area contributed by atoms with Gasteiger partial charge in [-0.3, -0.25) is 9.59 Å². The maximum atomic E-state index is 13.4. The largest absolute Gasteiger partial charge is 0.461 e. The van der Waals surface area contributed by atoms with Crippen molar-refractivity contribution in [2.24, 2.45) is 51.6 Å². The molecule has 2 bridgehead atoms. The van der Waals surface area contributed by atoms with Gasteiger partial charge in [0, 0.05) is 23.9 Å². The van der Waals surface area contributed by atoms with E-state index in [1.54, 1.807) is 11.8 Å². The summed E-state index contributed by atoms with van der Waals surface area (Å²) in [6.45, 7) is 18.2. The Balaban J connectivity index is 1.46. The summed E-state index contributed by atoms with van der Waals surface area (Å²) in [5, 5.41) is 23.1. The maximum absolute atomic E-state index is 13.4. The Hall–Kier alpha value is -1.09. The van der Waals surface area contributed by atoms with E-state index in [0.717, 1.165) is 50.8 Å². The number of piperidine rings is 1. The van der Waals surface area contributed by atoms with Crippen molar-refractivity contribution in [3.63, 3.8) is 0 Å². The Bertz CT molecular complexity index is 977. The average Bonchev–Trinajstić information content (AvgIpc) is 3.30. The molecule has 3 aliphatic carbocycles. The topological polar surface area (TPSA) is 113 Å². The van der Waals surface area contributed by atoms with E-state index in [4.69, 9.17) is 10.5 Å². The first kappa shape index (κ1) is 32.8. The molecule has 0 spiro atoms. The summed E-state index contributed by atoms with van der Waals surface area (Å²) in [4.78, 5) is 28.1. The number of carbonyl (C=O) groups is 2. The van der Waals surface area contributed by atoms with Crippen LogP contribution in [0.5, 0.6) is 0 Å². The molecule has 0 radical (unpaired) electrons. The summed E-state index contributed by atoms with van der Waals surface area (Å²) in [7, 11) is 0. The lowest BCUT2D eigenvalue weighted by atomic mass is 9.43. The molecule has 1 aliphatic heterocycles. The van der Waals surface area contributed by atoms with Gasteiger partial charge >= 0.3 is 5.97 Å². The smallest absolute Gasteiger partial charge is 0.316 e. The van der Waals surface area contributed by atoms with Crippen LogP contribution in [0.25, 0.3) is 0 Å². The number of esters is 1. The minimum atomic E-state index is -0.623. The molecule has 8 heteroatoms. The molecule has 0 aromatic heterocycles. The highest BCUT2D eigenvalue weighted by Crippen LogP contribution is 2.69. The lowest BCUT2D eigenvalue weighted by Gasteiger charge is -2.63. The SMILES string of the molecule is C=C[C@]1(C)C[C@@H](OC(=O)CSCC2CCCN(C(=O)C(N)C(C)C)C2)[C@]2(C)C(C)CCC3(CCC(O)C32)[C@@H](C)C1O. The molecule has 234 valence electrons. The van der Waals surface area contributed by atoms with E-state index in [1.165, 1.54) is 0 Å². The molecule has 1 saturated heterocycles. The monoisotopic (exact) mass is 592 g/mol. The highest BCUT2D eigenvalue weighted by Gasteiger charge is 2.68. The number of hydrogen-bond donors (Lipinski definition) is 3. The zero-order chi connectivity index (χ0) is 30.3. The van der Waals surface area contributed by atoms with Gasteiger partial charge in [0.25, 0.3) is 0 Å². The molecule has 0 aromatic rings. The summed E-state index contributed by atoms with van der Waals surface area (Å²) >= 11 is 1.58. The van der Waals surface area contributed by atoms with E-state index >= 15 is 0 Å². The van der Waals surface area contributed by atoms with Crippen LogP contribution < -0.4 is 5.73 Å². The molecule has 7 nitrogen and oxygen atoms in total. The molecule has 4 aliphatic rings. The fourth-order valence-electron chi connectivity index (χ4n) is 9.19. The minimum Gasteiger partial charge on any atom is -0.461 e. The van der Waals surface area contributed by atoms with Crippen molar-refractivity contribution in [3.05, 3.63) is 12.7 Å². The fraction of sp³-hybridized carbons (Fsp3) is 0.879. The average molecular weight is 593 g/mol. The Kier molecular flexibility index (Phi) is 10.00. The number of hydrogen-bond acceptors (Lipinski definition) is 7. The summed E-state index contributed by atoms with van der Waals surface area (Å²) in [5.74, 6) is 1.54. The summed E-state index contributed by atoms with van der Waals surface area (Å²) in [5.41, 5.74) is 4.96.